The highest BCUT2D eigenvalue weighted by molar-refractivity contribution is 7.15. The van der Waals surface area contributed by atoms with Crippen molar-refractivity contribution in [2.45, 2.75) is 90.2 Å². The van der Waals surface area contributed by atoms with Crippen molar-refractivity contribution in [3.63, 3.8) is 0 Å². The Balaban J connectivity index is 1.70. The van der Waals surface area contributed by atoms with E-state index in [0.29, 0.717) is 29.3 Å². The predicted molar refractivity (Wildman–Crippen MR) is 127 cm³/mol. The second-order valence-electron chi connectivity index (χ2n) is 10.3. The normalized spacial score (nSPS) is 28.9. The Labute approximate surface area is 195 Å². The van der Waals surface area contributed by atoms with Crippen molar-refractivity contribution in [1.29, 1.82) is 0 Å². The van der Waals surface area contributed by atoms with Crippen molar-refractivity contribution in [3.8, 4) is 11.8 Å². The van der Waals surface area contributed by atoms with E-state index in [0.717, 1.165) is 56.2 Å². The van der Waals surface area contributed by atoms with Gasteiger partial charge in [-0.15, -0.1) is 11.3 Å². The van der Waals surface area contributed by atoms with E-state index in [2.05, 4.69) is 25.7 Å². The predicted octanol–water partition coefficient (Wildman–Crippen LogP) is 5.15. The first-order chi connectivity index (χ1) is 15.3. The highest BCUT2D eigenvalue weighted by Gasteiger charge is 2.38. The third-order valence-electron chi connectivity index (χ3n) is 7.46. The van der Waals surface area contributed by atoms with Crippen LogP contribution < -0.4 is 4.90 Å². The lowest BCUT2D eigenvalue weighted by Crippen LogP contribution is -2.47. The number of ether oxygens (including phenoxy) is 1. The first kappa shape index (κ1) is 23.3. The molecule has 3 aliphatic rings. The molecule has 4 rings (SSSR count). The van der Waals surface area contributed by atoms with Gasteiger partial charge >= 0.3 is 5.97 Å². The highest BCUT2D eigenvalue weighted by atomic mass is 32.1. The van der Waals surface area contributed by atoms with E-state index in [9.17, 15) is 14.7 Å². The summed E-state index contributed by atoms with van der Waals surface area (Å²) >= 11 is 1.33. The minimum Gasteiger partial charge on any atom is -0.465 e. The standard InChI is InChI=1S/C26H35NO4S/c1-17-4-6-18(7-5-17)24(29)27(19-8-10-20(28)11-9-19)22-16-21(12-13-26(2)14-15-26)32-23(22)25(30)31-3/h16-20,28H,4-11,14-15H2,1-3H3/t17?,18?,19-,20+. The lowest BCUT2D eigenvalue weighted by atomic mass is 9.81. The number of rotatable bonds is 4. The van der Waals surface area contributed by atoms with Gasteiger partial charge in [0.1, 0.15) is 4.88 Å². The summed E-state index contributed by atoms with van der Waals surface area (Å²) in [6, 6.07) is 1.91. The molecule has 1 amide bonds. The van der Waals surface area contributed by atoms with Crippen LogP contribution in [0, 0.1) is 29.1 Å². The minimum atomic E-state index is -0.415. The van der Waals surface area contributed by atoms with Crippen LogP contribution >= 0.6 is 11.3 Å². The first-order valence-corrected chi connectivity index (χ1v) is 12.9. The maximum atomic E-state index is 13.9. The summed E-state index contributed by atoms with van der Waals surface area (Å²) in [6.45, 7) is 4.41. The first-order valence-electron chi connectivity index (χ1n) is 12.1. The van der Waals surface area contributed by atoms with Crippen LogP contribution in [0.3, 0.4) is 0 Å². The van der Waals surface area contributed by atoms with Gasteiger partial charge in [-0.1, -0.05) is 18.8 Å². The van der Waals surface area contributed by atoms with Crippen molar-refractivity contribution < 1.29 is 19.4 Å². The molecule has 0 aromatic carbocycles. The molecule has 0 radical (unpaired) electrons. The number of carbonyl (C=O) groups excluding carboxylic acids is 2. The fourth-order valence-electron chi connectivity index (χ4n) is 4.90. The lowest BCUT2D eigenvalue weighted by Gasteiger charge is -2.38. The SMILES string of the molecule is COC(=O)c1sc(C#CC2(C)CC2)cc1N(C(=O)C1CCC(C)CC1)[C@H]1CC[C@@H](O)CC1. The van der Waals surface area contributed by atoms with Gasteiger partial charge in [-0.25, -0.2) is 4.79 Å². The molecule has 3 aliphatic carbocycles. The van der Waals surface area contributed by atoms with Crippen LogP contribution in [0.15, 0.2) is 6.07 Å². The molecule has 1 aromatic rings. The van der Waals surface area contributed by atoms with E-state index in [1.165, 1.54) is 18.4 Å². The van der Waals surface area contributed by atoms with Gasteiger partial charge in [-0.05, 0) is 83.1 Å². The monoisotopic (exact) mass is 457 g/mol. The number of anilines is 1. The number of amides is 1. The van der Waals surface area contributed by atoms with Gasteiger partial charge in [0.2, 0.25) is 5.91 Å². The number of aliphatic hydroxyl groups excluding tert-OH is 1. The van der Waals surface area contributed by atoms with Gasteiger partial charge in [0.15, 0.2) is 0 Å². The van der Waals surface area contributed by atoms with Gasteiger partial charge in [-0.2, -0.15) is 0 Å². The summed E-state index contributed by atoms with van der Waals surface area (Å²) in [6.07, 6.45) is 8.68. The summed E-state index contributed by atoms with van der Waals surface area (Å²) in [4.78, 5) is 29.7. The number of esters is 1. The Bertz CT molecular complexity index is 906. The molecule has 0 spiro atoms. The highest BCUT2D eigenvalue weighted by Crippen LogP contribution is 2.44. The topological polar surface area (TPSA) is 66.8 Å². The molecule has 0 unspecified atom stereocenters. The average molecular weight is 458 g/mol. The fourth-order valence-corrected chi connectivity index (χ4v) is 5.82. The molecular weight excluding hydrogens is 422 g/mol. The summed E-state index contributed by atoms with van der Waals surface area (Å²) in [5, 5.41) is 10.0. The van der Waals surface area contributed by atoms with Crippen LogP contribution in [-0.2, 0) is 9.53 Å². The van der Waals surface area contributed by atoms with Crippen LogP contribution in [0.4, 0.5) is 5.69 Å². The molecule has 0 bridgehead atoms. The minimum absolute atomic E-state index is 0.00925. The second kappa shape index (κ2) is 9.57. The Morgan fingerprint density at radius 1 is 1.12 bits per heavy atom. The van der Waals surface area contributed by atoms with Crippen LogP contribution in [0.5, 0.6) is 0 Å². The average Bonchev–Trinajstić information content (AvgIpc) is 3.38. The maximum absolute atomic E-state index is 13.9. The second-order valence-corrected chi connectivity index (χ2v) is 11.3. The van der Waals surface area contributed by atoms with E-state index >= 15 is 0 Å². The quantitative estimate of drug-likeness (QED) is 0.502. The van der Waals surface area contributed by atoms with Crippen LogP contribution in [-0.4, -0.2) is 36.2 Å². The van der Waals surface area contributed by atoms with Crippen molar-refractivity contribution in [1.82, 2.24) is 0 Å². The number of thiophene rings is 1. The molecule has 3 fully saturated rings. The van der Waals surface area contributed by atoms with Gasteiger partial charge < -0.3 is 14.7 Å². The van der Waals surface area contributed by atoms with Crippen molar-refractivity contribution >= 4 is 28.9 Å². The van der Waals surface area contributed by atoms with E-state index < -0.39 is 5.97 Å². The summed E-state index contributed by atoms with van der Waals surface area (Å²) in [7, 11) is 1.38. The molecule has 0 saturated heterocycles. The van der Waals surface area contributed by atoms with Crippen LogP contribution in [0.25, 0.3) is 0 Å². The van der Waals surface area contributed by atoms with Crippen LogP contribution in [0.2, 0.25) is 0 Å². The largest absolute Gasteiger partial charge is 0.465 e. The fraction of sp³-hybridized carbons (Fsp3) is 0.692. The van der Waals surface area contributed by atoms with E-state index in [1.807, 2.05) is 11.0 Å². The summed E-state index contributed by atoms with van der Waals surface area (Å²) < 4.78 is 5.09. The number of nitrogens with zero attached hydrogens (tertiary/aromatic N) is 1. The molecule has 1 aromatic heterocycles. The molecule has 3 saturated carbocycles. The smallest absolute Gasteiger partial charge is 0.350 e. The third-order valence-corrected chi connectivity index (χ3v) is 8.48. The molecule has 1 N–H and O–H groups in total. The van der Waals surface area contributed by atoms with Crippen molar-refractivity contribution in [3.05, 3.63) is 15.8 Å². The molecule has 174 valence electrons. The molecule has 1 heterocycles. The molecule has 6 heteroatoms. The molecule has 32 heavy (non-hydrogen) atoms. The number of hydrogen-bond donors (Lipinski definition) is 1. The van der Waals surface area contributed by atoms with E-state index in [-0.39, 0.29) is 29.4 Å². The maximum Gasteiger partial charge on any atom is 0.350 e. The number of hydrogen-bond acceptors (Lipinski definition) is 5. The van der Waals surface area contributed by atoms with Gasteiger partial charge in [0.05, 0.1) is 23.8 Å². The summed E-state index contributed by atoms with van der Waals surface area (Å²) in [5.74, 6) is 6.96. The molecular formula is C26H35NO4S. The third kappa shape index (κ3) is 5.21. The Hall–Kier alpha value is -1.84. The zero-order valence-electron chi connectivity index (χ0n) is 19.5. The van der Waals surface area contributed by atoms with E-state index in [4.69, 9.17) is 4.74 Å². The van der Waals surface area contributed by atoms with E-state index in [1.54, 1.807) is 0 Å². The molecule has 5 nitrogen and oxygen atoms in total. The molecule has 0 atom stereocenters. The molecule has 0 aliphatic heterocycles. The van der Waals surface area contributed by atoms with Crippen molar-refractivity contribution in [2.24, 2.45) is 17.3 Å². The number of carbonyl (C=O) groups is 2. The Kier molecular flexibility index (Phi) is 6.97. The summed E-state index contributed by atoms with van der Waals surface area (Å²) in [5.41, 5.74) is 0.737. The zero-order chi connectivity index (χ0) is 22.9. The van der Waals surface area contributed by atoms with Crippen LogP contribution in [0.1, 0.15) is 92.6 Å². The van der Waals surface area contributed by atoms with Crippen molar-refractivity contribution in [2.75, 3.05) is 12.0 Å². The Morgan fingerprint density at radius 2 is 1.78 bits per heavy atom. The number of aliphatic hydroxyl groups is 1. The zero-order valence-corrected chi connectivity index (χ0v) is 20.3. The number of methoxy groups -OCH3 is 1. The van der Waals surface area contributed by atoms with Gasteiger partial charge in [-0.3, -0.25) is 4.79 Å². The van der Waals surface area contributed by atoms with Gasteiger partial charge in [0, 0.05) is 17.4 Å². The lowest BCUT2D eigenvalue weighted by molar-refractivity contribution is -0.124. The van der Waals surface area contributed by atoms with Gasteiger partial charge in [0.25, 0.3) is 0 Å². The Morgan fingerprint density at radius 3 is 2.38 bits per heavy atom.